The number of methoxy groups -OCH3 is 1. The van der Waals surface area contributed by atoms with E-state index >= 15 is 0 Å². The Kier molecular flexibility index (Phi) is 3.92. The van der Waals surface area contributed by atoms with Crippen LogP contribution in [0.5, 0.6) is 5.75 Å². The number of rotatable bonds is 4. The minimum Gasteiger partial charge on any atom is -0.495 e. The molecule has 0 saturated carbocycles. The number of nitrogens with zero attached hydrogens (tertiary/aromatic N) is 1. The number of hydrogen-bond donors (Lipinski definition) is 1. The van der Waals surface area contributed by atoms with Gasteiger partial charge in [-0.1, -0.05) is 29.8 Å². The molecule has 3 rings (SSSR count). The Hall–Kier alpha value is -2.60. The van der Waals surface area contributed by atoms with Gasteiger partial charge in [-0.3, -0.25) is 9.71 Å². The van der Waals surface area contributed by atoms with E-state index in [1.165, 1.54) is 0 Å². The van der Waals surface area contributed by atoms with Crippen LogP contribution in [-0.2, 0) is 10.0 Å². The summed E-state index contributed by atoms with van der Waals surface area (Å²) >= 11 is 0. The maximum Gasteiger partial charge on any atom is 0.261 e. The summed E-state index contributed by atoms with van der Waals surface area (Å²) in [6, 6.07) is 13.8. The number of benzene rings is 2. The zero-order valence-electron chi connectivity index (χ0n) is 12.8. The Balaban J connectivity index is 2.02. The predicted octanol–water partition coefficient (Wildman–Crippen LogP) is 3.35. The van der Waals surface area contributed by atoms with Gasteiger partial charge in [-0.2, -0.15) is 0 Å². The zero-order chi connectivity index (χ0) is 16.4. The number of hydrogen-bond acceptors (Lipinski definition) is 4. The predicted molar refractivity (Wildman–Crippen MR) is 90.3 cm³/mol. The van der Waals surface area contributed by atoms with Crippen molar-refractivity contribution >= 4 is 26.6 Å². The third kappa shape index (κ3) is 3.12. The molecule has 0 saturated heterocycles. The van der Waals surface area contributed by atoms with Crippen molar-refractivity contribution in [3.8, 4) is 5.75 Å². The van der Waals surface area contributed by atoms with Gasteiger partial charge in [0, 0.05) is 5.39 Å². The highest BCUT2D eigenvalue weighted by molar-refractivity contribution is 7.92. The molecular weight excluding hydrogens is 312 g/mol. The van der Waals surface area contributed by atoms with Gasteiger partial charge in [-0.05, 0) is 31.2 Å². The number of pyridine rings is 1. The van der Waals surface area contributed by atoms with Gasteiger partial charge >= 0.3 is 0 Å². The van der Waals surface area contributed by atoms with Gasteiger partial charge in [0.05, 0.1) is 29.4 Å². The van der Waals surface area contributed by atoms with Crippen molar-refractivity contribution < 1.29 is 13.2 Å². The Morgan fingerprint density at radius 1 is 1.09 bits per heavy atom. The number of aryl methyl sites for hydroxylation is 1. The average Bonchev–Trinajstić information content (AvgIpc) is 2.54. The molecule has 0 aliphatic heterocycles. The summed E-state index contributed by atoms with van der Waals surface area (Å²) in [5, 5.41) is 0.799. The topological polar surface area (TPSA) is 68.3 Å². The molecule has 6 heteroatoms. The second kappa shape index (κ2) is 5.89. The van der Waals surface area contributed by atoms with E-state index in [0.717, 1.165) is 10.9 Å². The quantitative estimate of drug-likeness (QED) is 0.797. The second-order valence-electron chi connectivity index (χ2n) is 5.17. The average molecular weight is 328 g/mol. The maximum atomic E-state index is 12.5. The van der Waals surface area contributed by atoms with E-state index in [9.17, 15) is 8.42 Å². The van der Waals surface area contributed by atoms with Gasteiger partial charge in [0.1, 0.15) is 5.75 Å². The normalized spacial score (nSPS) is 11.4. The summed E-state index contributed by atoms with van der Waals surface area (Å²) in [5.74, 6) is 0.621. The number of aromatic nitrogens is 1. The summed E-state index contributed by atoms with van der Waals surface area (Å²) in [6.45, 7) is 1.91. The van der Waals surface area contributed by atoms with Crippen LogP contribution in [0.2, 0.25) is 0 Å². The Morgan fingerprint density at radius 3 is 2.52 bits per heavy atom. The van der Waals surface area contributed by atoms with Crippen molar-refractivity contribution in [2.45, 2.75) is 11.8 Å². The monoisotopic (exact) mass is 328 g/mol. The molecule has 0 bridgehead atoms. The van der Waals surface area contributed by atoms with Gasteiger partial charge in [0.25, 0.3) is 10.0 Å². The SMILES string of the molecule is COc1cnc2c(NS(=O)(=O)c3ccc(C)cc3)cccc2c1. The second-order valence-corrected chi connectivity index (χ2v) is 6.85. The maximum absolute atomic E-state index is 12.5. The summed E-state index contributed by atoms with van der Waals surface area (Å²) in [5.41, 5.74) is 2.01. The van der Waals surface area contributed by atoms with Crippen molar-refractivity contribution in [1.82, 2.24) is 4.98 Å². The largest absolute Gasteiger partial charge is 0.495 e. The Labute approximate surface area is 135 Å². The summed E-state index contributed by atoms with van der Waals surface area (Å²) in [4.78, 5) is 4.51. The third-order valence-corrected chi connectivity index (χ3v) is 4.88. The van der Waals surface area contributed by atoms with Gasteiger partial charge in [0.15, 0.2) is 0 Å². The minimum absolute atomic E-state index is 0.216. The third-order valence-electron chi connectivity index (χ3n) is 3.50. The summed E-state index contributed by atoms with van der Waals surface area (Å²) < 4.78 is 32.8. The lowest BCUT2D eigenvalue weighted by atomic mass is 10.2. The van der Waals surface area contributed by atoms with E-state index in [-0.39, 0.29) is 4.90 Å². The van der Waals surface area contributed by atoms with Crippen molar-refractivity contribution in [2.24, 2.45) is 0 Å². The first-order chi connectivity index (χ1) is 11.0. The number of sulfonamides is 1. The lowest BCUT2D eigenvalue weighted by Crippen LogP contribution is -2.13. The van der Waals surface area contributed by atoms with E-state index in [0.29, 0.717) is 17.0 Å². The number of ether oxygens (including phenoxy) is 1. The van der Waals surface area contributed by atoms with Crippen molar-refractivity contribution in [1.29, 1.82) is 0 Å². The molecule has 0 spiro atoms. The molecule has 1 N–H and O–H groups in total. The van der Waals surface area contributed by atoms with Crippen LogP contribution in [0.3, 0.4) is 0 Å². The van der Waals surface area contributed by atoms with Gasteiger partial charge in [0.2, 0.25) is 0 Å². The van der Waals surface area contributed by atoms with E-state index in [1.54, 1.807) is 49.7 Å². The van der Waals surface area contributed by atoms with E-state index < -0.39 is 10.0 Å². The summed E-state index contributed by atoms with van der Waals surface area (Å²) in [6.07, 6.45) is 1.56. The van der Waals surface area contributed by atoms with E-state index in [4.69, 9.17) is 4.74 Å². The molecule has 1 heterocycles. The molecule has 0 unspecified atom stereocenters. The molecule has 0 aliphatic rings. The molecule has 0 aliphatic carbocycles. The Morgan fingerprint density at radius 2 is 1.83 bits per heavy atom. The van der Waals surface area contributed by atoms with E-state index in [2.05, 4.69) is 9.71 Å². The number of anilines is 1. The van der Waals surface area contributed by atoms with Crippen LogP contribution in [0.1, 0.15) is 5.56 Å². The van der Waals surface area contributed by atoms with Crippen LogP contribution < -0.4 is 9.46 Å². The van der Waals surface area contributed by atoms with Crippen molar-refractivity contribution in [3.63, 3.8) is 0 Å². The number of nitrogens with one attached hydrogen (secondary N) is 1. The smallest absolute Gasteiger partial charge is 0.261 e. The molecule has 5 nitrogen and oxygen atoms in total. The Bertz CT molecular complexity index is 951. The van der Waals surface area contributed by atoms with Crippen LogP contribution >= 0.6 is 0 Å². The molecule has 3 aromatic rings. The molecule has 23 heavy (non-hydrogen) atoms. The van der Waals surface area contributed by atoms with Crippen LogP contribution in [-0.4, -0.2) is 20.5 Å². The molecule has 1 aromatic heterocycles. The lowest BCUT2D eigenvalue weighted by Gasteiger charge is -2.11. The first-order valence-electron chi connectivity index (χ1n) is 7.02. The van der Waals surface area contributed by atoms with E-state index in [1.807, 2.05) is 19.1 Å². The fraction of sp³-hybridized carbons (Fsp3) is 0.118. The van der Waals surface area contributed by atoms with Gasteiger partial charge in [-0.15, -0.1) is 0 Å². The molecule has 0 atom stereocenters. The van der Waals surface area contributed by atoms with Crippen molar-refractivity contribution in [3.05, 3.63) is 60.3 Å². The highest BCUT2D eigenvalue weighted by Gasteiger charge is 2.15. The zero-order valence-corrected chi connectivity index (χ0v) is 13.6. The van der Waals surface area contributed by atoms with Crippen LogP contribution in [0.15, 0.2) is 59.6 Å². The van der Waals surface area contributed by atoms with Crippen LogP contribution in [0.4, 0.5) is 5.69 Å². The lowest BCUT2D eigenvalue weighted by molar-refractivity contribution is 0.414. The highest BCUT2D eigenvalue weighted by atomic mass is 32.2. The molecule has 118 valence electrons. The fourth-order valence-corrected chi connectivity index (χ4v) is 3.32. The molecule has 0 radical (unpaired) electrons. The van der Waals surface area contributed by atoms with Crippen LogP contribution in [0.25, 0.3) is 10.9 Å². The first kappa shape index (κ1) is 15.3. The van der Waals surface area contributed by atoms with Gasteiger partial charge in [-0.25, -0.2) is 8.42 Å². The number of para-hydroxylation sites is 1. The summed E-state index contributed by atoms with van der Waals surface area (Å²) in [7, 11) is -2.10. The molecule has 2 aromatic carbocycles. The van der Waals surface area contributed by atoms with Crippen molar-refractivity contribution in [2.75, 3.05) is 11.8 Å². The highest BCUT2D eigenvalue weighted by Crippen LogP contribution is 2.26. The minimum atomic E-state index is -3.66. The number of fused-ring (bicyclic) bond motifs is 1. The van der Waals surface area contributed by atoms with Crippen LogP contribution in [0, 0.1) is 6.92 Å². The molecule has 0 amide bonds. The van der Waals surface area contributed by atoms with Gasteiger partial charge < -0.3 is 4.74 Å². The fourth-order valence-electron chi connectivity index (χ4n) is 2.26. The molecular formula is C17H16N2O3S. The first-order valence-corrected chi connectivity index (χ1v) is 8.50. The standard InChI is InChI=1S/C17H16N2O3S/c1-12-6-8-15(9-7-12)23(20,21)19-16-5-3-4-13-10-14(22-2)11-18-17(13)16/h3-11,19H,1-2H3. The molecule has 0 fully saturated rings.